The van der Waals surface area contributed by atoms with E-state index in [-0.39, 0.29) is 11.7 Å². The van der Waals surface area contributed by atoms with Gasteiger partial charge in [-0.3, -0.25) is 0 Å². The Balaban J connectivity index is 2.47. The molecular formula is C14H21ClO4S. The lowest BCUT2D eigenvalue weighted by molar-refractivity contribution is 0.257. The molecule has 0 amide bonds. The number of hydrogen-bond acceptors (Lipinski definition) is 4. The summed E-state index contributed by atoms with van der Waals surface area (Å²) in [7, 11) is 1.77. The summed E-state index contributed by atoms with van der Waals surface area (Å²) in [5.41, 5.74) is 0. The molecule has 6 heteroatoms. The molecule has 0 saturated heterocycles. The van der Waals surface area contributed by atoms with Gasteiger partial charge in [0.1, 0.15) is 11.5 Å². The Morgan fingerprint density at radius 1 is 1.10 bits per heavy atom. The molecule has 114 valence electrons. The number of rotatable bonds is 9. The van der Waals surface area contributed by atoms with E-state index in [9.17, 15) is 8.42 Å². The van der Waals surface area contributed by atoms with Gasteiger partial charge in [-0.1, -0.05) is 13.8 Å². The van der Waals surface area contributed by atoms with Crippen LogP contribution in [0.1, 0.15) is 26.7 Å². The predicted octanol–water partition coefficient (Wildman–Crippen LogP) is 3.45. The highest BCUT2D eigenvalue weighted by molar-refractivity contribution is 8.13. The average molecular weight is 321 g/mol. The van der Waals surface area contributed by atoms with E-state index in [1.54, 1.807) is 0 Å². The summed E-state index contributed by atoms with van der Waals surface area (Å²) in [6.07, 6.45) is 1.66. The molecular weight excluding hydrogens is 300 g/mol. The number of hydrogen-bond donors (Lipinski definition) is 0. The first-order chi connectivity index (χ1) is 9.44. The third-order valence-corrected chi connectivity index (χ3v) is 4.04. The molecule has 0 radical (unpaired) electrons. The molecule has 0 spiro atoms. The quantitative estimate of drug-likeness (QED) is 0.654. The molecule has 1 atom stereocenters. The van der Waals surface area contributed by atoms with E-state index in [0.29, 0.717) is 25.4 Å². The fraction of sp³-hybridized carbons (Fsp3) is 0.571. The minimum absolute atomic E-state index is 0.0667. The second-order valence-corrected chi connectivity index (χ2v) is 7.43. The van der Waals surface area contributed by atoms with E-state index in [4.69, 9.17) is 20.2 Å². The molecule has 0 aliphatic carbocycles. The molecule has 0 N–H and O–H groups in total. The number of halogens is 1. The summed E-state index contributed by atoms with van der Waals surface area (Å²) in [6.45, 7) is 4.98. The van der Waals surface area contributed by atoms with Crippen LogP contribution in [0.4, 0.5) is 0 Å². The summed E-state index contributed by atoms with van der Waals surface area (Å²) in [4.78, 5) is 0. The fourth-order valence-electron chi connectivity index (χ4n) is 1.63. The van der Waals surface area contributed by atoms with E-state index in [2.05, 4.69) is 0 Å². The Morgan fingerprint density at radius 3 is 2.10 bits per heavy atom. The Labute approximate surface area is 125 Å². The van der Waals surface area contributed by atoms with E-state index in [1.807, 2.05) is 38.1 Å². The van der Waals surface area contributed by atoms with Gasteiger partial charge in [0.05, 0.1) is 19.0 Å². The lowest BCUT2D eigenvalue weighted by Gasteiger charge is -2.14. The van der Waals surface area contributed by atoms with Gasteiger partial charge < -0.3 is 9.47 Å². The predicted molar refractivity (Wildman–Crippen MR) is 81.1 cm³/mol. The van der Waals surface area contributed by atoms with E-state index in [1.165, 1.54) is 0 Å². The summed E-state index contributed by atoms with van der Waals surface area (Å²) < 4.78 is 33.2. The molecule has 0 fully saturated rings. The minimum Gasteiger partial charge on any atom is -0.494 e. The first kappa shape index (κ1) is 17.1. The zero-order valence-corrected chi connectivity index (χ0v) is 13.4. The molecule has 0 saturated carbocycles. The maximum Gasteiger partial charge on any atom is 0.232 e. The van der Waals surface area contributed by atoms with Crippen molar-refractivity contribution in [1.82, 2.24) is 0 Å². The van der Waals surface area contributed by atoms with Crippen molar-refractivity contribution in [3.63, 3.8) is 0 Å². The van der Waals surface area contributed by atoms with Crippen LogP contribution >= 0.6 is 10.7 Å². The second-order valence-electron chi connectivity index (χ2n) is 4.61. The average Bonchev–Trinajstić information content (AvgIpc) is 2.41. The molecule has 1 unspecified atom stereocenters. The smallest absolute Gasteiger partial charge is 0.232 e. The van der Waals surface area contributed by atoms with Crippen LogP contribution in [0.3, 0.4) is 0 Å². The van der Waals surface area contributed by atoms with Crippen LogP contribution in [0, 0.1) is 5.92 Å². The molecule has 0 aromatic heterocycles. The standard InChI is InChI=1S/C14H21ClO4S/c1-3-9-18-13-5-7-14(8-6-13)19-10-12(4-2)11-20(15,16)17/h5-8,12H,3-4,9-11H2,1-2H3. The van der Waals surface area contributed by atoms with Crippen molar-refractivity contribution < 1.29 is 17.9 Å². The lowest BCUT2D eigenvalue weighted by atomic mass is 10.1. The van der Waals surface area contributed by atoms with Crippen molar-refractivity contribution in [2.75, 3.05) is 19.0 Å². The molecule has 20 heavy (non-hydrogen) atoms. The highest BCUT2D eigenvalue weighted by Gasteiger charge is 2.16. The zero-order chi connectivity index (χ0) is 15.0. The zero-order valence-electron chi connectivity index (χ0n) is 11.8. The minimum atomic E-state index is -3.48. The van der Waals surface area contributed by atoms with E-state index < -0.39 is 9.05 Å². The molecule has 1 aromatic rings. The molecule has 4 nitrogen and oxygen atoms in total. The summed E-state index contributed by atoms with van der Waals surface area (Å²) in [5, 5.41) is 0. The van der Waals surface area contributed by atoms with Gasteiger partial charge in [0.15, 0.2) is 0 Å². The summed E-state index contributed by atoms with van der Waals surface area (Å²) >= 11 is 0. The van der Waals surface area contributed by atoms with Crippen LogP contribution in [0.15, 0.2) is 24.3 Å². The maximum absolute atomic E-state index is 11.1. The van der Waals surface area contributed by atoms with E-state index >= 15 is 0 Å². The van der Waals surface area contributed by atoms with Crippen molar-refractivity contribution in [1.29, 1.82) is 0 Å². The SMILES string of the molecule is CCCOc1ccc(OCC(CC)CS(=O)(=O)Cl)cc1. The Hall–Kier alpha value is -0.940. The first-order valence-corrected chi connectivity index (χ1v) is 9.20. The van der Waals surface area contributed by atoms with Gasteiger partial charge >= 0.3 is 0 Å². The van der Waals surface area contributed by atoms with Crippen LogP contribution < -0.4 is 9.47 Å². The molecule has 0 heterocycles. The third kappa shape index (κ3) is 7.01. The maximum atomic E-state index is 11.1. The van der Waals surface area contributed by atoms with Gasteiger partial charge in [-0.2, -0.15) is 0 Å². The number of benzene rings is 1. The molecule has 0 aliphatic heterocycles. The fourth-order valence-corrected chi connectivity index (χ4v) is 3.06. The first-order valence-electron chi connectivity index (χ1n) is 6.72. The Bertz CT molecular complexity index is 484. The topological polar surface area (TPSA) is 52.6 Å². The van der Waals surface area contributed by atoms with Crippen molar-refractivity contribution in [3.8, 4) is 11.5 Å². The number of ether oxygens (including phenoxy) is 2. The van der Waals surface area contributed by atoms with Crippen molar-refractivity contribution in [2.24, 2.45) is 5.92 Å². The van der Waals surface area contributed by atoms with Crippen LogP contribution in [0.25, 0.3) is 0 Å². The van der Waals surface area contributed by atoms with Gasteiger partial charge in [-0.15, -0.1) is 0 Å². The summed E-state index contributed by atoms with van der Waals surface area (Å²) in [5.74, 6) is 1.32. The van der Waals surface area contributed by atoms with Crippen LogP contribution in [-0.4, -0.2) is 27.4 Å². The van der Waals surface area contributed by atoms with Gasteiger partial charge in [0.25, 0.3) is 0 Å². The highest BCUT2D eigenvalue weighted by Crippen LogP contribution is 2.19. The van der Waals surface area contributed by atoms with E-state index in [0.717, 1.165) is 12.2 Å². The largest absolute Gasteiger partial charge is 0.494 e. The van der Waals surface area contributed by atoms with Gasteiger partial charge in [0.2, 0.25) is 9.05 Å². The van der Waals surface area contributed by atoms with Gasteiger partial charge in [-0.25, -0.2) is 8.42 Å². The Kier molecular flexibility index (Phi) is 7.16. The second kappa shape index (κ2) is 8.37. The van der Waals surface area contributed by atoms with Gasteiger partial charge in [-0.05, 0) is 37.1 Å². The molecule has 0 bridgehead atoms. The normalized spacial score (nSPS) is 12.9. The van der Waals surface area contributed by atoms with Gasteiger partial charge in [0, 0.05) is 16.6 Å². The Morgan fingerprint density at radius 2 is 1.65 bits per heavy atom. The molecule has 0 aliphatic rings. The lowest BCUT2D eigenvalue weighted by Crippen LogP contribution is -2.18. The van der Waals surface area contributed by atoms with Crippen molar-refractivity contribution >= 4 is 19.7 Å². The third-order valence-electron chi connectivity index (χ3n) is 2.79. The van der Waals surface area contributed by atoms with Crippen LogP contribution in [-0.2, 0) is 9.05 Å². The monoisotopic (exact) mass is 320 g/mol. The van der Waals surface area contributed by atoms with Crippen molar-refractivity contribution in [3.05, 3.63) is 24.3 Å². The van der Waals surface area contributed by atoms with Crippen LogP contribution in [0.5, 0.6) is 11.5 Å². The van der Waals surface area contributed by atoms with Crippen molar-refractivity contribution in [2.45, 2.75) is 26.7 Å². The summed E-state index contributed by atoms with van der Waals surface area (Å²) in [6, 6.07) is 7.30. The molecule has 1 rings (SSSR count). The van der Waals surface area contributed by atoms with Crippen LogP contribution in [0.2, 0.25) is 0 Å². The molecule has 1 aromatic carbocycles. The highest BCUT2D eigenvalue weighted by atomic mass is 35.7.